The van der Waals surface area contributed by atoms with Gasteiger partial charge < -0.3 is 47.3 Å². The zero-order valence-corrected chi connectivity index (χ0v) is 41.3. The number of carbonyl (C=O) groups is 9. The van der Waals surface area contributed by atoms with Crippen molar-refractivity contribution in [1.29, 1.82) is 0 Å². The minimum atomic E-state index is -1.08. The highest BCUT2D eigenvalue weighted by Gasteiger charge is 2.30. The molecule has 0 radical (unpaired) electrons. The molecule has 2 unspecified atom stereocenters. The number of nitrogens with zero attached hydrogens (tertiary/aromatic N) is 2. The number of phenols is 1. The second-order valence-corrected chi connectivity index (χ2v) is 18.7. The molecule has 0 aliphatic carbocycles. The Bertz CT molecular complexity index is 2130. The first-order valence-corrected chi connectivity index (χ1v) is 24.5. The highest BCUT2D eigenvalue weighted by atomic mass is 32.1. The molecule has 2 heterocycles. The molecular formula is C48H70N8O12S. The van der Waals surface area contributed by atoms with Crippen molar-refractivity contribution in [2.75, 3.05) is 25.0 Å². The van der Waals surface area contributed by atoms with Crippen LogP contribution in [0.4, 0.5) is 5.69 Å². The van der Waals surface area contributed by atoms with Gasteiger partial charge in [-0.1, -0.05) is 47.1 Å². The van der Waals surface area contributed by atoms with Gasteiger partial charge in [-0.3, -0.25) is 48.1 Å². The lowest BCUT2D eigenvalue weighted by Crippen LogP contribution is -2.47. The summed E-state index contributed by atoms with van der Waals surface area (Å²) in [6.45, 7) is 11.2. The van der Waals surface area contributed by atoms with Crippen LogP contribution in [0.15, 0.2) is 35.7 Å². The Balaban J connectivity index is 1.62. The number of benzene rings is 1. The SMILES string of the molecule is CC[C@H](C)CC(=O)NC(C[C@@H](OC(C)=O)c1nc(C(=O)N[C@@H](Cc2ccc(O)c(NC(=O)CCCNC(=O)[C@H](CCCCN)NC(=O)CCCN3C(=O)C=CC3=O)c2)CC(C)C(=O)O)cs1)C(C)C. The van der Waals surface area contributed by atoms with E-state index in [9.17, 15) is 53.4 Å². The smallest absolute Gasteiger partial charge is 0.306 e. The number of phenolic OH excluding ortho intramolecular Hbond substituents is 1. The van der Waals surface area contributed by atoms with E-state index in [-0.39, 0.29) is 99.0 Å². The normalized spacial score (nSPS) is 14.9. The molecular weight excluding hydrogens is 913 g/mol. The zero-order valence-electron chi connectivity index (χ0n) is 40.5. The molecule has 0 spiro atoms. The summed E-state index contributed by atoms with van der Waals surface area (Å²) in [5.74, 6) is -5.50. The van der Waals surface area contributed by atoms with Gasteiger partial charge in [0.15, 0.2) is 6.10 Å². The Morgan fingerprint density at radius 2 is 1.58 bits per heavy atom. The summed E-state index contributed by atoms with van der Waals surface area (Å²) in [5.41, 5.74) is 6.27. The largest absolute Gasteiger partial charge is 0.506 e. The summed E-state index contributed by atoms with van der Waals surface area (Å²) in [6.07, 6.45) is 4.92. The summed E-state index contributed by atoms with van der Waals surface area (Å²) in [4.78, 5) is 119. The minimum absolute atomic E-state index is 0.0109. The maximum Gasteiger partial charge on any atom is 0.306 e. The number of hydrogen-bond donors (Lipinski definition) is 8. The van der Waals surface area contributed by atoms with Gasteiger partial charge >= 0.3 is 11.9 Å². The van der Waals surface area contributed by atoms with E-state index in [0.717, 1.165) is 22.7 Å². The third-order valence-electron chi connectivity index (χ3n) is 11.6. The van der Waals surface area contributed by atoms with Crippen LogP contribution in [0.2, 0.25) is 0 Å². The predicted molar refractivity (Wildman–Crippen MR) is 257 cm³/mol. The number of nitrogens with two attached hydrogens (primary N) is 1. The molecule has 6 atom stereocenters. The molecule has 20 nitrogen and oxygen atoms in total. The van der Waals surface area contributed by atoms with Crippen molar-refractivity contribution in [1.82, 2.24) is 31.2 Å². The molecule has 21 heteroatoms. The molecule has 2 aromatic rings. The number of aromatic nitrogens is 1. The quantitative estimate of drug-likeness (QED) is 0.0229. The van der Waals surface area contributed by atoms with Crippen molar-refractivity contribution in [2.24, 2.45) is 23.5 Å². The zero-order chi connectivity index (χ0) is 51.2. The first-order chi connectivity index (χ1) is 32.7. The van der Waals surface area contributed by atoms with Crippen molar-refractivity contribution in [3.63, 3.8) is 0 Å². The number of unbranched alkanes of at least 4 members (excludes halogenated alkanes) is 1. The van der Waals surface area contributed by atoms with Gasteiger partial charge in [0.2, 0.25) is 23.6 Å². The second-order valence-electron chi connectivity index (χ2n) is 17.9. The first kappa shape index (κ1) is 57.1. The Hall–Kier alpha value is -6.22. The Morgan fingerprint density at radius 1 is 0.884 bits per heavy atom. The van der Waals surface area contributed by atoms with Crippen molar-refractivity contribution in [3.8, 4) is 5.75 Å². The van der Waals surface area contributed by atoms with Crippen LogP contribution >= 0.6 is 11.3 Å². The van der Waals surface area contributed by atoms with E-state index < -0.39 is 71.5 Å². The number of carbonyl (C=O) groups excluding carboxylic acids is 8. The highest BCUT2D eigenvalue weighted by Crippen LogP contribution is 2.30. The molecule has 7 amide bonds. The number of aliphatic carboxylic acids is 1. The molecule has 0 saturated carbocycles. The van der Waals surface area contributed by atoms with Gasteiger partial charge in [-0.15, -0.1) is 11.3 Å². The fourth-order valence-corrected chi connectivity index (χ4v) is 8.18. The van der Waals surface area contributed by atoms with Gasteiger partial charge in [0.25, 0.3) is 17.7 Å². The van der Waals surface area contributed by atoms with Crippen LogP contribution in [0.1, 0.15) is 139 Å². The predicted octanol–water partition coefficient (Wildman–Crippen LogP) is 4.03. The number of carboxylic acid groups (broad SMARTS) is 1. The monoisotopic (exact) mass is 982 g/mol. The average molecular weight is 983 g/mol. The lowest BCUT2D eigenvalue weighted by molar-refractivity contribution is -0.147. The molecule has 3 rings (SSSR count). The minimum Gasteiger partial charge on any atom is -0.506 e. The van der Waals surface area contributed by atoms with Gasteiger partial charge in [0.05, 0.1) is 11.6 Å². The number of anilines is 1. The van der Waals surface area contributed by atoms with Crippen molar-refractivity contribution < 1.29 is 58.1 Å². The van der Waals surface area contributed by atoms with Gasteiger partial charge in [-0.2, -0.15) is 0 Å². The van der Waals surface area contributed by atoms with E-state index in [0.29, 0.717) is 42.8 Å². The number of thiazole rings is 1. The molecule has 1 aromatic heterocycles. The number of ether oxygens (including phenoxy) is 1. The second kappa shape index (κ2) is 29.0. The van der Waals surface area contributed by atoms with Crippen molar-refractivity contribution in [3.05, 3.63) is 52.0 Å². The molecule has 1 aliphatic heterocycles. The molecule has 69 heavy (non-hydrogen) atoms. The van der Waals surface area contributed by atoms with Crippen molar-refractivity contribution in [2.45, 2.75) is 143 Å². The topological polar surface area (TPSA) is 306 Å². The van der Waals surface area contributed by atoms with Gasteiger partial charge in [-0.05, 0) is 81.0 Å². The van der Waals surface area contributed by atoms with Crippen LogP contribution in [0.25, 0.3) is 0 Å². The maximum absolute atomic E-state index is 13.7. The number of rotatable bonds is 31. The van der Waals surface area contributed by atoms with Crippen LogP contribution in [0.5, 0.6) is 5.75 Å². The number of aromatic hydroxyl groups is 1. The Labute approximate surface area is 407 Å². The molecule has 380 valence electrons. The highest BCUT2D eigenvalue weighted by molar-refractivity contribution is 7.09. The summed E-state index contributed by atoms with van der Waals surface area (Å²) >= 11 is 1.11. The first-order valence-electron chi connectivity index (χ1n) is 23.6. The fourth-order valence-electron chi connectivity index (χ4n) is 7.34. The van der Waals surface area contributed by atoms with E-state index in [4.69, 9.17) is 10.5 Å². The van der Waals surface area contributed by atoms with E-state index in [1.54, 1.807) is 6.07 Å². The van der Waals surface area contributed by atoms with Crippen LogP contribution in [-0.4, -0.2) is 111 Å². The molecule has 9 N–H and O–H groups in total. The summed E-state index contributed by atoms with van der Waals surface area (Å²) < 4.78 is 5.64. The van der Waals surface area contributed by atoms with Crippen LogP contribution in [0.3, 0.4) is 0 Å². The lowest BCUT2D eigenvalue weighted by Gasteiger charge is -2.26. The summed E-state index contributed by atoms with van der Waals surface area (Å²) in [5, 5.41) is 36.3. The Kier molecular flexibility index (Phi) is 24.0. The third-order valence-corrected chi connectivity index (χ3v) is 12.5. The van der Waals surface area contributed by atoms with Crippen LogP contribution in [0, 0.1) is 17.8 Å². The molecule has 1 aliphatic rings. The van der Waals surface area contributed by atoms with E-state index in [2.05, 4.69) is 31.6 Å². The van der Waals surface area contributed by atoms with E-state index in [1.807, 2.05) is 27.7 Å². The van der Waals surface area contributed by atoms with Gasteiger partial charge in [0, 0.05) is 75.3 Å². The number of esters is 1. The number of hydrogen-bond acceptors (Lipinski definition) is 14. The fraction of sp³-hybridized carbons (Fsp3) is 0.583. The number of amides is 7. The van der Waals surface area contributed by atoms with Crippen LogP contribution < -0.4 is 32.3 Å². The molecule has 0 bridgehead atoms. The molecule has 0 saturated heterocycles. The average Bonchev–Trinajstić information content (AvgIpc) is 3.91. The van der Waals surface area contributed by atoms with Crippen molar-refractivity contribution >= 4 is 70.3 Å². The van der Waals surface area contributed by atoms with Gasteiger partial charge in [0.1, 0.15) is 22.5 Å². The van der Waals surface area contributed by atoms with E-state index >= 15 is 0 Å². The van der Waals surface area contributed by atoms with Crippen LogP contribution in [-0.2, 0) is 49.5 Å². The third kappa shape index (κ3) is 20.1. The summed E-state index contributed by atoms with van der Waals surface area (Å²) in [6, 6.07) is 2.50. The Morgan fingerprint density at radius 3 is 2.22 bits per heavy atom. The number of carboxylic acids is 1. The van der Waals surface area contributed by atoms with Gasteiger partial charge in [-0.25, -0.2) is 4.98 Å². The van der Waals surface area contributed by atoms with E-state index in [1.165, 1.54) is 43.5 Å². The standard InChI is InChI=1S/C48H70N8O12S/c1-7-29(4)22-42(61)53-35(28(2)3)26-39(68-31(6)57)47-55-37(27-69-47)46(65)51-33(23-30(5)48(66)67)24-32-15-16-38(58)36(25-32)54-40(59)13-10-20-50-45(64)34(12-8-9-19-49)52-41(60)14-11-21-56-43(62)17-18-44(56)63/h15-18,25,27-30,33-35,39,58H,7-14,19-24,26,49H2,1-6H3,(H,50,64)(H,51,65)(H,52,60)(H,53,61)(H,54,59)(H,66,67)/t29-,30?,33+,34-,35?,39+/m0/s1. The molecule has 1 aromatic carbocycles. The summed E-state index contributed by atoms with van der Waals surface area (Å²) in [7, 11) is 0. The lowest BCUT2D eigenvalue weighted by atomic mass is 9.95. The maximum atomic E-state index is 13.7. The number of imide groups is 1. The molecule has 0 fully saturated rings. The number of nitrogens with one attached hydrogen (secondary N) is 5.